The molecule has 9 atom stereocenters. The molecule has 0 bridgehead atoms. The minimum Gasteiger partial charge on any atom is -0.393 e. The number of hydrogen-bond acceptors (Lipinski definition) is 3. The van der Waals surface area contributed by atoms with E-state index in [1.807, 2.05) is 5.37 Å². The van der Waals surface area contributed by atoms with E-state index in [4.69, 9.17) is 12.2 Å². The van der Waals surface area contributed by atoms with Crippen LogP contribution in [-0.4, -0.2) is 27.8 Å². The molecule has 2 nitrogen and oxygen atoms in total. The average molecular weight is 365 g/mol. The zero-order valence-electron chi connectivity index (χ0n) is 16.0. The second kappa shape index (κ2) is 6.56. The first kappa shape index (κ1) is 18.4. The third-order valence-corrected chi connectivity index (χ3v) is 9.74. The van der Waals surface area contributed by atoms with Crippen molar-refractivity contribution in [2.75, 3.05) is 0 Å². The first-order chi connectivity index (χ1) is 11.9. The smallest absolute Gasteiger partial charge is 0.0596 e. The third kappa shape index (κ3) is 2.67. The Labute approximate surface area is 158 Å². The van der Waals surface area contributed by atoms with E-state index >= 15 is 0 Å². The Hall–Kier alpha value is 0.01000. The highest BCUT2D eigenvalue weighted by Gasteiger charge is 2.61. The third-order valence-electron chi connectivity index (χ3n) is 9.50. The van der Waals surface area contributed by atoms with Crippen LogP contribution in [0.5, 0.6) is 0 Å². The highest BCUT2D eigenvalue weighted by molar-refractivity contribution is 7.78. The zero-order valence-corrected chi connectivity index (χ0v) is 16.8. The van der Waals surface area contributed by atoms with Gasteiger partial charge in [-0.2, -0.15) is 0 Å². The van der Waals surface area contributed by atoms with E-state index in [1.165, 1.54) is 38.5 Å². The van der Waals surface area contributed by atoms with Gasteiger partial charge in [-0.25, -0.2) is 0 Å². The van der Waals surface area contributed by atoms with E-state index in [2.05, 4.69) is 13.8 Å². The minimum absolute atomic E-state index is 0.0764. The van der Waals surface area contributed by atoms with Crippen LogP contribution in [0.15, 0.2) is 0 Å². The Kier molecular flexibility index (Phi) is 4.82. The molecule has 142 valence electrons. The first-order valence-corrected chi connectivity index (χ1v) is 11.2. The fourth-order valence-electron chi connectivity index (χ4n) is 8.13. The standard InChI is InChI=1S/C22H36O2S/c1-21-12-10-19(23)15(4-3-13-25)17(21)6-5-14-16-7-8-20(24)22(16,2)11-9-18(14)21/h13-20,23-24H,3-12H2,1-2H3/t14-,15?,16-,17?,18-,19?,20?,21-,22-/m0/s1. The lowest BCUT2D eigenvalue weighted by atomic mass is 9.43. The van der Waals surface area contributed by atoms with Crippen molar-refractivity contribution < 1.29 is 10.2 Å². The molecule has 0 aliphatic heterocycles. The summed E-state index contributed by atoms with van der Waals surface area (Å²) in [5.41, 5.74) is 0.568. The van der Waals surface area contributed by atoms with Gasteiger partial charge in [-0.15, -0.1) is 0 Å². The zero-order chi connectivity index (χ0) is 17.8. The topological polar surface area (TPSA) is 40.5 Å². The Morgan fingerprint density at radius 1 is 0.880 bits per heavy atom. The molecule has 4 aliphatic rings. The molecule has 0 heterocycles. The average Bonchev–Trinajstić information content (AvgIpc) is 2.90. The lowest BCUT2D eigenvalue weighted by Gasteiger charge is -2.62. The van der Waals surface area contributed by atoms with E-state index in [0.717, 1.165) is 43.4 Å². The molecule has 0 saturated heterocycles. The lowest BCUT2D eigenvalue weighted by Crippen LogP contribution is -2.56. The van der Waals surface area contributed by atoms with Crippen LogP contribution in [-0.2, 0) is 0 Å². The quantitative estimate of drug-likeness (QED) is 0.710. The summed E-state index contributed by atoms with van der Waals surface area (Å²) >= 11 is 5.07. The molecule has 0 aromatic rings. The van der Waals surface area contributed by atoms with Crippen LogP contribution in [0.1, 0.15) is 78.1 Å². The summed E-state index contributed by atoms with van der Waals surface area (Å²) in [6.07, 6.45) is 11.3. The van der Waals surface area contributed by atoms with Crippen LogP contribution in [0.4, 0.5) is 0 Å². The number of rotatable bonds is 3. The Morgan fingerprint density at radius 2 is 1.56 bits per heavy atom. The molecule has 2 N–H and O–H groups in total. The summed E-state index contributed by atoms with van der Waals surface area (Å²) in [5, 5.41) is 23.1. The number of thiocarbonyl (C=S) groups is 1. The maximum Gasteiger partial charge on any atom is 0.0596 e. The molecule has 0 amide bonds. The molecule has 4 saturated carbocycles. The van der Waals surface area contributed by atoms with Crippen molar-refractivity contribution in [1.82, 2.24) is 0 Å². The SMILES string of the molecule is C[C@]12CCC(O)C(CCC=S)C1CC[C@@H]1[C@@H]2CC[C@]2(C)C(O)CC[C@@H]12. The lowest BCUT2D eigenvalue weighted by molar-refractivity contribution is -0.156. The van der Waals surface area contributed by atoms with Crippen molar-refractivity contribution in [3.63, 3.8) is 0 Å². The van der Waals surface area contributed by atoms with Crippen molar-refractivity contribution in [2.45, 2.75) is 90.3 Å². The molecule has 4 fully saturated rings. The Balaban J connectivity index is 1.60. The van der Waals surface area contributed by atoms with Gasteiger partial charge in [0.25, 0.3) is 0 Å². The molecule has 0 radical (unpaired) electrons. The summed E-state index contributed by atoms with van der Waals surface area (Å²) in [6, 6.07) is 0. The van der Waals surface area contributed by atoms with Gasteiger partial charge in [0.05, 0.1) is 12.2 Å². The number of aliphatic hydroxyl groups is 2. The van der Waals surface area contributed by atoms with Gasteiger partial charge in [0.15, 0.2) is 0 Å². The first-order valence-electron chi connectivity index (χ1n) is 10.7. The van der Waals surface area contributed by atoms with Gasteiger partial charge < -0.3 is 10.2 Å². The Morgan fingerprint density at radius 3 is 2.32 bits per heavy atom. The normalized spacial score (nSPS) is 55.1. The molecule has 4 aliphatic carbocycles. The second-order valence-electron chi connectivity index (χ2n) is 10.2. The molecule has 25 heavy (non-hydrogen) atoms. The Bertz CT molecular complexity index is 522. The summed E-state index contributed by atoms with van der Waals surface area (Å²) < 4.78 is 0. The van der Waals surface area contributed by atoms with Gasteiger partial charge in [0.1, 0.15) is 0 Å². The predicted octanol–water partition coefficient (Wildman–Crippen LogP) is 4.76. The molecule has 4 unspecified atom stereocenters. The minimum atomic E-state index is -0.119. The van der Waals surface area contributed by atoms with E-state index in [0.29, 0.717) is 17.3 Å². The van der Waals surface area contributed by atoms with Crippen molar-refractivity contribution in [1.29, 1.82) is 0 Å². The van der Waals surface area contributed by atoms with Crippen LogP contribution >= 0.6 is 12.2 Å². The largest absolute Gasteiger partial charge is 0.393 e. The molecule has 4 rings (SSSR count). The summed E-state index contributed by atoms with van der Waals surface area (Å²) in [4.78, 5) is 0. The highest BCUT2D eigenvalue weighted by atomic mass is 32.1. The number of hydrogen-bond donors (Lipinski definition) is 2. The highest BCUT2D eigenvalue weighted by Crippen LogP contribution is 2.67. The molecular formula is C22H36O2S. The summed E-state index contributed by atoms with van der Waals surface area (Å²) in [6.45, 7) is 4.92. The summed E-state index contributed by atoms with van der Waals surface area (Å²) in [5.74, 6) is 3.45. The molecule has 0 aromatic carbocycles. The van der Waals surface area contributed by atoms with E-state index in [-0.39, 0.29) is 17.6 Å². The van der Waals surface area contributed by atoms with Crippen LogP contribution in [0.2, 0.25) is 0 Å². The molecule has 0 aromatic heterocycles. The van der Waals surface area contributed by atoms with Gasteiger partial charge in [-0.1, -0.05) is 26.1 Å². The fourth-order valence-corrected chi connectivity index (χ4v) is 8.26. The fraction of sp³-hybridized carbons (Fsp3) is 0.955. The van der Waals surface area contributed by atoms with Crippen molar-refractivity contribution in [3.8, 4) is 0 Å². The van der Waals surface area contributed by atoms with Gasteiger partial charge in [0.2, 0.25) is 0 Å². The van der Waals surface area contributed by atoms with Gasteiger partial charge in [-0.3, -0.25) is 0 Å². The summed E-state index contributed by atoms with van der Waals surface area (Å²) in [7, 11) is 0. The molecule has 3 heteroatoms. The number of fused-ring (bicyclic) bond motifs is 5. The van der Waals surface area contributed by atoms with E-state index < -0.39 is 0 Å². The van der Waals surface area contributed by atoms with E-state index in [9.17, 15) is 10.2 Å². The maximum atomic E-state index is 10.7. The maximum absolute atomic E-state index is 10.7. The number of aliphatic hydroxyl groups excluding tert-OH is 2. The predicted molar refractivity (Wildman–Crippen MR) is 106 cm³/mol. The van der Waals surface area contributed by atoms with Gasteiger partial charge >= 0.3 is 0 Å². The van der Waals surface area contributed by atoms with Crippen LogP contribution in [0.25, 0.3) is 0 Å². The van der Waals surface area contributed by atoms with Crippen molar-refractivity contribution in [3.05, 3.63) is 0 Å². The van der Waals surface area contributed by atoms with Gasteiger partial charge in [0, 0.05) is 0 Å². The van der Waals surface area contributed by atoms with Crippen LogP contribution in [0, 0.1) is 40.4 Å². The van der Waals surface area contributed by atoms with Crippen molar-refractivity contribution in [2.24, 2.45) is 40.4 Å². The van der Waals surface area contributed by atoms with Crippen LogP contribution < -0.4 is 0 Å². The van der Waals surface area contributed by atoms with Crippen LogP contribution in [0.3, 0.4) is 0 Å². The molecular weight excluding hydrogens is 328 g/mol. The van der Waals surface area contributed by atoms with Crippen molar-refractivity contribution >= 4 is 17.6 Å². The second-order valence-corrected chi connectivity index (χ2v) is 10.6. The van der Waals surface area contributed by atoms with Gasteiger partial charge in [-0.05, 0) is 110 Å². The monoisotopic (exact) mass is 364 g/mol. The molecule has 0 spiro atoms. The van der Waals surface area contributed by atoms with E-state index in [1.54, 1.807) is 0 Å².